The first-order valence-electron chi connectivity index (χ1n) is 28.3. The van der Waals surface area contributed by atoms with Crippen LogP contribution in [0.4, 0.5) is 0 Å². The summed E-state index contributed by atoms with van der Waals surface area (Å²) in [7, 11) is -1.71. The fourth-order valence-electron chi connectivity index (χ4n) is 15.3. The maximum absolute atomic E-state index is 2.60. The van der Waals surface area contributed by atoms with Gasteiger partial charge in [0.05, 0.1) is 5.41 Å². The molecular formula is C79H48P2. The largest absolute Gasteiger partial charge is 0.0766 e. The smallest absolute Gasteiger partial charge is 0.0731 e. The Labute approximate surface area is 471 Å². The van der Waals surface area contributed by atoms with Gasteiger partial charge in [-0.15, -0.1) is 0 Å². The maximum atomic E-state index is 2.60. The number of rotatable bonds is 5. The second-order valence-electron chi connectivity index (χ2n) is 22.1. The molecule has 81 heavy (non-hydrogen) atoms. The molecule has 2 aromatic heterocycles. The average molecular weight is 1060 g/mol. The average Bonchev–Trinajstić information content (AvgIpc) is 2.66. The number of fused-ring (bicyclic) bond motifs is 20. The summed E-state index contributed by atoms with van der Waals surface area (Å²) in [6.07, 6.45) is 0. The second-order valence-corrected chi connectivity index (χ2v) is 26.3. The van der Waals surface area contributed by atoms with Crippen LogP contribution < -0.4 is 0 Å². The highest BCUT2D eigenvalue weighted by Gasteiger charge is 2.53. The van der Waals surface area contributed by atoms with Crippen LogP contribution >= 0.6 is 15.1 Å². The van der Waals surface area contributed by atoms with E-state index < -0.39 is 20.5 Å². The molecule has 374 valence electrons. The number of hydrogen-bond donors (Lipinski definition) is 0. The van der Waals surface area contributed by atoms with Crippen LogP contribution in [0.25, 0.3) is 141 Å². The van der Waals surface area contributed by atoms with Crippen LogP contribution in [0.1, 0.15) is 22.3 Å². The third-order valence-corrected chi connectivity index (χ3v) is 23.5. The molecule has 0 N–H and O–H groups in total. The van der Waals surface area contributed by atoms with E-state index in [9.17, 15) is 0 Å². The van der Waals surface area contributed by atoms with Gasteiger partial charge in [-0.05, 0) is 148 Å². The molecule has 2 aliphatic rings. The molecule has 2 aliphatic carbocycles. The molecule has 16 aromatic rings. The predicted molar refractivity (Wildman–Crippen MR) is 350 cm³/mol. The van der Waals surface area contributed by atoms with E-state index in [0.717, 1.165) is 0 Å². The van der Waals surface area contributed by atoms with E-state index in [4.69, 9.17) is 0 Å². The Kier molecular flexibility index (Phi) is 9.64. The minimum atomic E-state index is -0.856. The quantitative estimate of drug-likeness (QED) is 0.151. The molecule has 0 fully saturated rings. The van der Waals surface area contributed by atoms with Crippen molar-refractivity contribution in [1.29, 1.82) is 0 Å². The van der Waals surface area contributed by atoms with Gasteiger partial charge in [0.1, 0.15) is 0 Å². The SMILES string of the molecule is c1ccc(-p2c3ccccc3c3cccc(-c4cccc5c(-c6cccc7c6C6(c8ccccc8-c8ccccc86)c6ccc8ccccc8c6-7)c6cccc(-c7cccc8c9ccccc9p(-c9ccccc9)c78)c6cc45)c32)cc1. The zero-order valence-corrected chi connectivity index (χ0v) is 45.9. The second kappa shape index (κ2) is 17.2. The molecule has 0 aliphatic heterocycles. The minimum Gasteiger partial charge on any atom is -0.0766 e. The lowest BCUT2D eigenvalue weighted by molar-refractivity contribution is 0.796. The van der Waals surface area contributed by atoms with Gasteiger partial charge in [-0.3, -0.25) is 0 Å². The lowest BCUT2D eigenvalue weighted by Crippen LogP contribution is -2.26. The van der Waals surface area contributed by atoms with E-state index >= 15 is 0 Å². The third kappa shape index (κ3) is 6.11. The molecule has 2 unspecified atom stereocenters. The van der Waals surface area contributed by atoms with E-state index in [0.29, 0.717) is 0 Å². The molecule has 2 heteroatoms. The lowest BCUT2D eigenvalue weighted by Gasteiger charge is -2.33. The Morgan fingerprint density at radius 3 is 1.17 bits per heavy atom. The van der Waals surface area contributed by atoms with Crippen molar-refractivity contribution < 1.29 is 0 Å². The van der Waals surface area contributed by atoms with Crippen molar-refractivity contribution in [1.82, 2.24) is 0 Å². The molecule has 0 amide bonds. The minimum absolute atomic E-state index is 0.586. The van der Waals surface area contributed by atoms with Crippen LogP contribution in [0.3, 0.4) is 0 Å². The van der Waals surface area contributed by atoms with Gasteiger partial charge in [-0.25, -0.2) is 0 Å². The van der Waals surface area contributed by atoms with Gasteiger partial charge in [0.15, 0.2) is 0 Å². The molecule has 14 aromatic carbocycles. The number of benzene rings is 14. The molecule has 0 saturated carbocycles. The summed E-state index contributed by atoms with van der Waals surface area (Å²) < 4.78 is 0. The number of hydrogen-bond acceptors (Lipinski definition) is 0. The van der Waals surface area contributed by atoms with E-state index in [1.807, 2.05) is 0 Å². The Morgan fingerprint density at radius 2 is 0.617 bits per heavy atom. The zero-order chi connectivity index (χ0) is 52.9. The van der Waals surface area contributed by atoms with Crippen molar-refractivity contribution >= 4 is 89.4 Å². The van der Waals surface area contributed by atoms with Gasteiger partial charge >= 0.3 is 0 Å². The first-order chi connectivity index (χ1) is 40.3. The van der Waals surface area contributed by atoms with E-state index in [1.165, 1.54) is 163 Å². The van der Waals surface area contributed by atoms with E-state index in [1.54, 1.807) is 0 Å². The lowest BCUT2D eigenvalue weighted by atomic mass is 9.68. The molecule has 1 spiro atoms. The fraction of sp³-hybridized carbons (Fsp3) is 0.0127. The van der Waals surface area contributed by atoms with Crippen molar-refractivity contribution in [3.63, 3.8) is 0 Å². The van der Waals surface area contributed by atoms with Crippen molar-refractivity contribution in [2.24, 2.45) is 0 Å². The topological polar surface area (TPSA) is 0 Å². The molecule has 2 atom stereocenters. The van der Waals surface area contributed by atoms with Crippen LogP contribution in [0.15, 0.2) is 291 Å². The Hall–Kier alpha value is -9.54. The Balaban J connectivity index is 1.03. The summed E-state index contributed by atoms with van der Waals surface area (Å²) in [6, 6.07) is 112. The predicted octanol–water partition coefficient (Wildman–Crippen LogP) is 23.1. The molecule has 0 saturated heterocycles. The van der Waals surface area contributed by atoms with Gasteiger partial charge in [0, 0.05) is 20.5 Å². The van der Waals surface area contributed by atoms with Crippen molar-refractivity contribution in [2.45, 2.75) is 5.41 Å². The van der Waals surface area contributed by atoms with Crippen LogP contribution in [0.2, 0.25) is 0 Å². The highest BCUT2D eigenvalue weighted by atomic mass is 31.1. The standard InChI is InChI=1S/C79H48P2/c1-3-23-50(24-4-1)80-72-44-15-11-30-57(72)63-38-19-36-61(77(63)80)53-32-17-34-59-67(53)48-68-54(62-37-20-39-64-58-31-12-16-45-73(58)81(78(62)64)51-25-5-2-6-26-51)33-18-35-60(68)74(59)65-40-21-41-66-75-52-27-8-7-22-49(52)46-47-71(75)79(76(65)66)69-42-13-9-28-55(69)56-29-10-14-43-70(56)79/h1-48H. The monoisotopic (exact) mass is 1060 g/mol. The van der Waals surface area contributed by atoms with Crippen LogP contribution in [-0.4, -0.2) is 0 Å². The van der Waals surface area contributed by atoms with Crippen molar-refractivity contribution in [3.8, 4) is 66.2 Å². The Bertz CT molecular complexity index is 5080. The summed E-state index contributed by atoms with van der Waals surface area (Å²) in [5, 5.41) is 21.5. The third-order valence-electron chi connectivity index (χ3n) is 18.3. The summed E-state index contributed by atoms with van der Waals surface area (Å²) in [5.41, 5.74) is 17.8. The molecule has 0 radical (unpaired) electrons. The molecular weight excluding hydrogens is 1010 g/mol. The van der Waals surface area contributed by atoms with Gasteiger partial charge in [0.25, 0.3) is 0 Å². The first kappa shape index (κ1) is 45.3. The van der Waals surface area contributed by atoms with E-state index in [2.05, 4.69) is 291 Å². The summed E-state index contributed by atoms with van der Waals surface area (Å²) in [5.74, 6) is 0. The van der Waals surface area contributed by atoms with Crippen LogP contribution in [0.5, 0.6) is 0 Å². The van der Waals surface area contributed by atoms with Gasteiger partial charge < -0.3 is 0 Å². The maximum Gasteiger partial charge on any atom is 0.0731 e. The van der Waals surface area contributed by atoms with Crippen molar-refractivity contribution in [2.75, 3.05) is 0 Å². The van der Waals surface area contributed by atoms with Gasteiger partial charge in [-0.2, -0.15) is 0 Å². The molecule has 18 rings (SSSR count). The summed E-state index contributed by atoms with van der Waals surface area (Å²) in [4.78, 5) is 0. The fourth-order valence-corrected chi connectivity index (χ4v) is 20.8. The highest BCUT2D eigenvalue weighted by molar-refractivity contribution is 7.68. The van der Waals surface area contributed by atoms with Gasteiger partial charge in [0.2, 0.25) is 0 Å². The summed E-state index contributed by atoms with van der Waals surface area (Å²) in [6.45, 7) is 0. The molecule has 0 bridgehead atoms. The first-order valence-corrected chi connectivity index (χ1v) is 30.9. The van der Waals surface area contributed by atoms with Crippen molar-refractivity contribution in [3.05, 3.63) is 313 Å². The summed E-state index contributed by atoms with van der Waals surface area (Å²) >= 11 is 0. The van der Waals surface area contributed by atoms with Crippen LogP contribution in [0, 0.1) is 0 Å². The zero-order valence-electron chi connectivity index (χ0n) is 44.1. The van der Waals surface area contributed by atoms with Gasteiger partial charge in [-0.1, -0.05) is 300 Å². The molecule has 0 nitrogen and oxygen atoms in total. The Morgan fingerprint density at radius 1 is 0.222 bits per heavy atom. The highest BCUT2D eigenvalue weighted by Crippen LogP contribution is 2.67. The molecule has 2 heterocycles. The normalized spacial score (nSPS) is 13.5. The van der Waals surface area contributed by atoms with E-state index in [-0.39, 0.29) is 0 Å². The van der Waals surface area contributed by atoms with Crippen LogP contribution in [-0.2, 0) is 5.41 Å².